The van der Waals surface area contributed by atoms with Crippen LogP contribution in [0.2, 0.25) is 0 Å². The molecule has 2 aromatic rings. The Hall–Kier alpha value is -2.05. The molecule has 1 atom stereocenters. The van der Waals surface area contributed by atoms with Crippen molar-refractivity contribution in [2.45, 2.75) is 6.04 Å². The number of nitrogens with two attached hydrogens (primary N) is 1. The Kier molecular flexibility index (Phi) is 3.81. The van der Waals surface area contributed by atoms with Gasteiger partial charge in [0, 0.05) is 26.2 Å². The molecular formula is C15H19N5O. The Morgan fingerprint density at radius 3 is 2.86 bits per heavy atom. The molecule has 0 radical (unpaired) electrons. The van der Waals surface area contributed by atoms with E-state index in [4.69, 9.17) is 5.73 Å². The van der Waals surface area contributed by atoms with Crippen molar-refractivity contribution < 1.29 is 4.79 Å². The molecule has 2 N–H and O–H groups in total. The van der Waals surface area contributed by atoms with E-state index in [0.717, 1.165) is 24.1 Å². The highest BCUT2D eigenvalue weighted by atomic mass is 16.2. The number of benzene rings is 1. The molecule has 6 nitrogen and oxygen atoms in total. The van der Waals surface area contributed by atoms with E-state index in [1.165, 1.54) is 0 Å². The zero-order valence-corrected chi connectivity index (χ0v) is 12.1. The van der Waals surface area contributed by atoms with Crippen LogP contribution < -0.4 is 5.73 Å². The third-order valence-corrected chi connectivity index (χ3v) is 3.89. The molecule has 1 aliphatic heterocycles. The first-order valence-electron chi connectivity index (χ1n) is 7.10. The summed E-state index contributed by atoms with van der Waals surface area (Å²) in [6.07, 6.45) is 1.55. The fraction of sp³-hybridized carbons (Fsp3) is 0.400. The van der Waals surface area contributed by atoms with Gasteiger partial charge in [-0.2, -0.15) is 0 Å². The SMILES string of the molecule is CN1CCN(C(=O)c2cnc3ccccc3n2)C(CN)C1. The molecule has 2 heterocycles. The molecule has 1 aromatic carbocycles. The molecule has 3 rings (SSSR count). The second-order valence-electron chi connectivity index (χ2n) is 5.39. The van der Waals surface area contributed by atoms with Crippen LogP contribution in [0.4, 0.5) is 0 Å². The Labute approximate surface area is 123 Å². The predicted octanol–water partition coefficient (Wildman–Crippen LogP) is 0.345. The standard InChI is InChI=1S/C15H19N5O/c1-19-6-7-20(11(8-16)10-19)15(21)14-9-17-12-4-2-3-5-13(12)18-14/h2-5,9,11H,6-8,10,16H2,1H3. The number of fused-ring (bicyclic) bond motifs is 1. The molecular weight excluding hydrogens is 266 g/mol. The molecule has 110 valence electrons. The Balaban J connectivity index is 1.88. The summed E-state index contributed by atoms with van der Waals surface area (Å²) in [5.41, 5.74) is 7.72. The van der Waals surface area contributed by atoms with Crippen molar-refractivity contribution in [1.29, 1.82) is 0 Å². The molecule has 0 bridgehead atoms. The van der Waals surface area contributed by atoms with Gasteiger partial charge in [-0.15, -0.1) is 0 Å². The minimum atomic E-state index is -0.0863. The van der Waals surface area contributed by atoms with Crippen molar-refractivity contribution in [3.8, 4) is 0 Å². The van der Waals surface area contributed by atoms with Crippen LogP contribution in [0.15, 0.2) is 30.5 Å². The van der Waals surface area contributed by atoms with E-state index in [1.807, 2.05) is 36.2 Å². The average molecular weight is 285 g/mol. The second kappa shape index (κ2) is 5.75. The van der Waals surface area contributed by atoms with Gasteiger partial charge in [0.2, 0.25) is 0 Å². The second-order valence-corrected chi connectivity index (χ2v) is 5.39. The van der Waals surface area contributed by atoms with E-state index < -0.39 is 0 Å². The molecule has 0 spiro atoms. The fourth-order valence-corrected chi connectivity index (χ4v) is 2.69. The van der Waals surface area contributed by atoms with Gasteiger partial charge in [0.05, 0.1) is 23.3 Å². The van der Waals surface area contributed by atoms with Crippen LogP contribution in [-0.4, -0.2) is 64.9 Å². The molecule has 1 saturated heterocycles. The number of likely N-dealkylation sites (N-methyl/N-ethyl adjacent to an activating group) is 1. The summed E-state index contributed by atoms with van der Waals surface area (Å²) in [6.45, 7) is 2.77. The van der Waals surface area contributed by atoms with Crippen molar-refractivity contribution in [2.75, 3.05) is 33.2 Å². The minimum Gasteiger partial charge on any atom is -0.330 e. The van der Waals surface area contributed by atoms with Gasteiger partial charge in [0.25, 0.3) is 5.91 Å². The Morgan fingerprint density at radius 2 is 2.10 bits per heavy atom. The highest BCUT2D eigenvalue weighted by Gasteiger charge is 2.29. The summed E-state index contributed by atoms with van der Waals surface area (Å²) in [6, 6.07) is 7.58. The number of aromatic nitrogens is 2. The van der Waals surface area contributed by atoms with E-state index >= 15 is 0 Å². The molecule has 21 heavy (non-hydrogen) atoms. The van der Waals surface area contributed by atoms with Gasteiger partial charge in [0.15, 0.2) is 0 Å². The van der Waals surface area contributed by atoms with Crippen LogP contribution in [0.25, 0.3) is 11.0 Å². The number of amides is 1. The lowest BCUT2D eigenvalue weighted by atomic mass is 10.1. The quantitative estimate of drug-likeness (QED) is 0.861. The van der Waals surface area contributed by atoms with Gasteiger partial charge in [-0.05, 0) is 19.2 Å². The first kappa shape index (κ1) is 13.9. The minimum absolute atomic E-state index is 0.0320. The van der Waals surface area contributed by atoms with Gasteiger partial charge < -0.3 is 15.5 Å². The normalized spacial score (nSPS) is 19.9. The number of piperazine rings is 1. The van der Waals surface area contributed by atoms with Crippen molar-refractivity contribution in [1.82, 2.24) is 19.8 Å². The summed E-state index contributed by atoms with van der Waals surface area (Å²) in [5, 5.41) is 0. The van der Waals surface area contributed by atoms with Gasteiger partial charge >= 0.3 is 0 Å². The summed E-state index contributed by atoms with van der Waals surface area (Å²) < 4.78 is 0. The molecule has 6 heteroatoms. The maximum atomic E-state index is 12.7. The van der Waals surface area contributed by atoms with Crippen molar-refractivity contribution >= 4 is 16.9 Å². The van der Waals surface area contributed by atoms with Crippen LogP contribution >= 0.6 is 0 Å². The van der Waals surface area contributed by atoms with Crippen molar-refractivity contribution in [3.63, 3.8) is 0 Å². The molecule has 1 unspecified atom stereocenters. The highest BCUT2D eigenvalue weighted by molar-refractivity contribution is 5.94. The lowest BCUT2D eigenvalue weighted by Gasteiger charge is -2.39. The number of carbonyl (C=O) groups excluding carboxylic acids is 1. The molecule has 1 fully saturated rings. The van der Waals surface area contributed by atoms with Crippen LogP contribution in [-0.2, 0) is 0 Å². The Morgan fingerprint density at radius 1 is 1.33 bits per heavy atom. The first-order chi connectivity index (χ1) is 10.2. The molecule has 0 saturated carbocycles. The van der Waals surface area contributed by atoms with Crippen molar-refractivity contribution in [2.24, 2.45) is 5.73 Å². The molecule has 1 aromatic heterocycles. The van der Waals surface area contributed by atoms with Crippen LogP contribution in [0.5, 0.6) is 0 Å². The fourth-order valence-electron chi connectivity index (χ4n) is 2.69. The Bertz CT molecular complexity index is 659. The third kappa shape index (κ3) is 2.72. The predicted molar refractivity (Wildman–Crippen MR) is 80.9 cm³/mol. The van der Waals surface area contributed by atoms with Crippen LogP contribution in [0.1, 0.15) is 10.5 Å². The number of para-hydroxylation sites is 2. The van der Waals surface area contributed by atoms with E-state index in [9.17, 15) is 4.79 Å². The maximum Gasteiger partial charge on any atom is 0.274 e. The molecule has 1 aliphatic rings. The van der Waals surface area contributed by atoms with E-state index in [1.54, 1.807) is 6.20 Å². The van der Waals surface area contributed by atoms with Gasteiger partial charge in [-0.25, -0.2) is 4.98 Å². The van der Waals surface area contributed by atoms with Gasteiger partial charge in [-0.3, -0.25) is 9.78 Å². The zero-order chi connectivity index (χ0) is 14.8. The molecule has 1 amide bonds. The van der Waals surface area contributed by atoms with Crippen molar-refractivity contribution in [3.05, 3.63) is 36.2 Å². The van der Waals surface area contributed by atoms with Gasteiger partial charge in [0.1, 0.15) is 5.69 Å². The number of rotatable bonds is 2. The summed E-state index contributed by atoms with van der Waals surface area (Å²) in [4.78, 5) is 25.4. The van der Waals surface area contributed by atoms with Crippen LogP contribution in [0.3, 0.4) is 0 Å². The third-order valence-electron chi connectivity index (χ3n) is 3.89. The summed E-state index contributed by atoms with van der Waals surface area (Å²) in [7, 11) is 2.04. The monoisotopic (exact) mass is 285 g/mol. The highest BCUT2D eigenvalue weighted by Crippen LogP contribution is 2.14. The number of nitrogens with zero attached hydrogens (tertiary/aromatic N) is 4. The van der Waals surface area contributed by atoms with E-state index in [0.29, 0.717) is 18.8 Å². The maximum absolute atomic E-state index is 12.7. The largest absolute Gasteiger partial charge is 0.330 e. The first-order valence-corrected chi connectivity index (χ1v) is 7.10. The van der Waals surface area contributed by atoms with Gasteiger partial charge in [-0.1, -0.05) is 12.1 Å². The number of carbonyl (C=O) groups is 1. The van der Waals surface area contributed by atoms with E-state index in [-0.39, 0.29) is 11.9 Å². The van der Waals surface area contributed by atoms with E-state index in [2.05, 4.69) is 14.9 Å². The zero-order valence-electron chi connectivity index (χ0n) is 12.1. The number of hydrogen-bond donors (Lipinski definition) is 1. The summed E-state index contributed by atoms with van der Waals surface area (Å²) in [5.74, 6) is -0.0863. The summed E-state index contributed by atoms with van der Waals surface area (Å²) >= 11 is 0. The topological polar surface area (TPSA) is 75.3 Å². The lowest BCUT2D eigenvalue weighted by molar-refractivity contribution is 0.0510. The molecule has 0 aliphatic carbocycles. The van der Waals surface area contributed by atoms with Crippen LogP contribution in [0, 0.1) is 0 Å². The number of hydrogen-bond acceptors (Lipinski definition) is 5. The lowest BCUT2D eigenvalue weighted by Crippen LogP contribution is -2.56. The smallest absolute Gasteiger partial charge is 0.274 e. The average Bonchev–Trinajstić information content (AvgIpc) is 2.53.